The van der Waals surface area contributed by atoms with Crippen LogP contribution in [0.15, 0.2) is 6.20 Å². The maximum atomic E-state index is 4.52. The van der Waals surface area contributed by atoms with Crippen LogP contribution in [0.25, 0.3) is 0 Å². The molecule has 1 aliphatic carbocycles. The molecule has 0 spiro atoms. The topological polar surface area (TPSA) is 40.7 Å². The van der Waals surface area contributed by atoms with Gasteiger partial charge in [-0.1, -0.05) is 26.7 Å². The predicted octanol–water partition coefficient (Wildman–Crippen LogP) is 2.81. The average Bonchev–Trinajstić information content (AvgIpc) is 2.76. The number of rotatable bonds is 4. The van der Waals surface area contributed by atoms with Crippen molar-refractivity contribution in [1.29, 1.82) is 0 Å². The molecule has 1 aliphatic rings. The first-order valence-electron chi connectivity index (χ1n) is 6.54. The van der Waals surface area contributed by atoms with Crippen molar-refractivity contribution in [2.75, 3.05) is 6.54 Å². The summed E-state index contributed by atoms with van der Waals surface area (Å²) in [6, 6.07) is 0. The third-order valence-electron chi connectivity index (χ3n) is 3.62. The number of imidazole rings is 1. The highest BCUT2D eigenvalue weighted by Gasteiger charge is 2.21. The molecule has 0 aromatic carbocycles. The van der Waals surface area contributed by atoms with E-state index in [9.17, 15) is 0 Å². The van der Waals surface area contributed by atoms with E-state index in [4.69, 9.17) is 0 Å². The molecule has 2 N–H and O–H groups in total. The minimum absolute atomic E-state index is 0.673. The summed E-state index contributed by atoms with van der Waals surface area (Å²) in [7, 11) is 0. The van der Waals surface area contributed by atoms with Crippen LogP contribution in [0.4, 0.5) is 0 Å². The molecule has 1 saturated carbocycles. The van der Waals surface area contributed by atoms with Crippen molar-refractivity contribution in [3.8, 4) is 0 Å². The van der Waals surface area contributed by atoms with Crippen LogP contribution in [-0.2, 0) is 6.54 Å². The third-order valence-corrected chi connectivity index (χ3v) is 3.62. The maximum Gasteiger partial charge on any atom is 0.109 e. The van der Waals surface area contributed by atoms with Crippen LogP contribution in [0.5, 0.6) is 0 Å². The Labute approximate surface area is 98.1 Å². The second kappa shape index (κ2) is 5.48. The van der Waals surface area contributed by atoms with Crippen LogP contribution in [-0.4, -0.2) is 16.5 Å². The highest BCUT2D eigenvalue weighted by atomic mass is 15.0. The monoisotopic (exact) mass is 221 g/mol. The first kappa shape index (κ1) is 11.6. The van der Waals surface area contributed by atoms with Crippen molar-refractivity contribution < 1.29 is 0 Å². The predicted molar refractivity (Wildman–Crippen MR) is 66.3 cm³/mol. The van der Waals surface area contributed by atoms with Crippen molar-refractivity contribution in [3.05, 3.63) is 17.7 Å². The van der Waals surface area contributed by atoms with Gasteiger partial charge in [0.2, 0.25) is 0 Å². The van der Waals surface area contributed by atoms with Gasteiger partial charge in [0.15, 0.2) is 0 Å². The molecule has 0 aliphatic heterocycles. The zero-order valence-corrected chi connectivity index (χ0v) is 10.4. The normalized spacial score (nSPS) is 25.9. The van der Waals surface area contributed by atoms with Gasteiger partial charge in [0.1, 0.15) is 5.82 Å². The van der Waals surface area contributed by atoms with E-state index >= 15 is 0 Å². The third kappa shape index (κ3) is 2.85. The molecule has 1 aromatic heterocycles. The van der Waals surface area contributed by atoms with E-state index in [1.807, 2.05) is 6.20 Å². The quantitative estimate of drug-likeness (QED) is 0.821. The van der Waals surface area contributed by atoms with Gasteiger partial charge in [0.05, 0.1) is 0 Å². The van der Waals surface area contributed by atoms with Crippen LogP contribution < -0.4 is 5.32 Å². The lowest BCUT2D eigenvalue weighted by Gasteiger charge is -2.24. The molecular formula is C13H23N3. The molecule has 0 radical (unpaired) electrons. The van der Waals surface area contributed by atoms with Crippen molar-refractivity contribution in [3.63, 3.8) is 0 Å². The van der Waals surface area contributed by atoms with Crippen LogP contribution in [0.3, 0.4) is 0 Å². The largest absolute Gasteiger partial charge is 0.345 e. The molecule has 0 amide bonds. The summed E-state index contributed by atoms with van der Waals surface area (Å²) in [6.07, 6.45) is 7.29. The highest BCUT2D eigenvalue weighted by molar-refractivity contribution is 5.06. The molecule has 1 aromatic rings. The Morgan fingerprint density at radius 1 is 1.38 bits per heavy atom. The summed E-state index contributed by atoms with van der Waals surface area (Å²) in [5.41, 5.74) is 1.22. The number of hydrogen-bond donors (Lipinski definition) is 2. The van der Waals surface area contributed by atoms with Gasteiger partial charge in [-0.25, -0.2) is 4.98 Å². The fourth-order valence-corrected chi connectivity index (χ4v) is 2.47. The minimum atomic E-state index is 0.673. The lowest BCUT2D eigenvalue weighted by Crippen LogP contribution is -2.13. The standard InChI is InChI=1S/C13H23N3/c1-3-14-8-12-9-15-13(16-12)11-6-4-10(2)5-7-11/h9-11,14H,3-8H2,1-2H3,(H,15,16). The van der Waals surface area contributed by atoms with Gasteiger partial charge in [0, 0.05) is 24.4 Å². The lowest BCUT2D eigenvalue weighted by molar-refractivity contribution is 0.340. The van der Waals surface area contributed by atoms with E-state index in [-0.39, 0.29) is 0 Å². The Morgan fingerprint density at radius 2 is 2.12 bits per heavy atom. The van der Waals surface area contributed by atoms with E-state index in [1.165, 1.54) is 37.2 Å². The number of nitrogens with one attached hydrogen (secondary N) is 2. The molecule has 90 valence electrons. The molecule has 2 rings (SSSR count). The molecule has 0 atom stereocenters. The van der Waals surface area contributed by atoms with Crippen LogP contribution in [0.1, 0.15) is 57.0 Å². The lowest BCUT2D eigenvalue weighted by atomic mass is 9.83. The van der Waals surface area contributed by atoms with E-state index in [1.54, 1.807) is 0 Å². The Balaban J connectivity index is 1.91. The van der Waals surface area contributed by atoms with Gasteiger partial charge in [-0.15, -0.1) is 0 Å². The first-order chi connectivity index (χ1) is 7.79. The summed E-state index contributed by atoms with van der Waals surface area (Å²) < 4.78 is 0. The fourth-order valence-electron chi connectivity index (χ4n) is 2.47. The molecule has 1 fully saturated rings. The van der Waals surface area contributed by atoms with Crippen molar-refractivity contribution in [2.24, 2.45) is 5.92 Å². The average molecular weight is 221 g/mol. The van der Waals surface area contributed by atoms with E-state index in [0.29, 0.717) is 5.92 Å². The smallest absolute Gasteiger partial charge is 0.109 e. The van der Waals surface area contributed by atoms with Gasteiger partial charge in [-0.3, -0.25) is 0 Å². The number of nitrogens with zero attached hydrogens (tertiary/aromatic N) is 1. The molecule has 3 nitrogen and oxygen atoms in total. The van der Waals surface area contributed by atoms with Crippen LogP contribution in [0.2, 0.25) is 0 Å². The zero-order chi connectivity index (χ0) is 11.4. The number of hydrogen-bond acceptors (Lipinski definition) is 2. The molecule has 3 heteroatoms. The van der Waals surface area contributed by atoms with E-state index in [2.05, 4.69) is 29.1 Å². The summed E-state index contributed by atoms with van der Waals surface area (Å²) in [4.78, 5) is 7.98. The second-order valence-corrected chi connectivity index (χ2v) is 5.03. The molecular weight excluding hydrogens is 198 g/mol. The van der Waals surface area contributed by atoms with Gasteiger partial charge in [0.25, 0.3) is 0 Å². The van der Waals surface area contributed by atoms with Crippen molar-refractivity contribution in [2.45, 2.75) is 52.0 Å². The first-order valence-corrected chi connectivity index (χ1v) is 6.54. The summed E-state index contributed by atoms with van der Waals surface area (Å²) in [5, 5.41) is 3.32. The number of aromatic nitrogens is 2. The second-order valence-electron chi connectivity index (χ2n) is 5.03. The van der Waals surface area contributed by atoms with Gasteiger partial charge in [-0.05, 0) is 25.3 Å². The SMILES string of the molecule is CCNCc1cnc(C2CCC(C)CC2)[nH]1. The molecule has 0 bridgehead atoms. The van der Waals surface area contributed by atoms with Gasteiger partial charge < -0.3 is 10.3 Å². The fraction of sp³-hybridized carbons (Fsp3) is 0.769. The Morgan fingerprint density at radius 3 is 2.81 bits per heavy atom. The van der Waals surface area contributed by atoms with Crippen LogP contribution in [0, 0.1) is 5.92 Å². The van der Waals surface area contributed by atoms with Crippen molar-refractivity contribution >= 4 is 0 Å². The summed E-state index contributed by atoms with van der Waals surface area (Å²) >= 11 is 0. The number of aromatic amines is 1. The minimum Gasteiger partial charge on any atom is -0.345 e. The van der Waals surface area contributed by atoms with Gasteiger partial charge >= 0.3 is 0 Å². The summed E-state index contributed by atoms with van der Waals surface area (Å²) in [6.45, 7) is 6.40. The Kier molecular flexibility index (Phi) is 3.99. The summed E-state index contributed by atoms with van der Waals surface area (Å²) in [5.74, 6) is 2.79. The zero-order valence-electron chi connectivity index (χ0n) is 10.4. The number of H-pyrrole nitrogens is 1. The van der Waals surface area contributed by atoms with E-state index in [0.717, 1.165) is 19.0 Å². The van der Waals surface area contributed by atoms with Crippen molar-refractivity contribution in [1.82, 2.24) is 15.3 Å². The van der Waals surface area contributed by atoms with E-state index < -0.39 is 0 Å². The van der Waals surface area contributed by atoms with Gasteiger partial charge in [-0.2, -0.15) is 0 Å². The molecule has 1 heterocycles. The highest BCUT2D eigenvalue weighted by Crippen LogP contribution is 2.33. The molecule has 0 saturated heterocycles. The Hall–Kier alpha value is -0.830. The maximum absolute atomic E-state index is 4.52. The van der Waals surface area contributed by atoms with Crippen LogP contribution >= 0.6 is 0 Å². The molecule has 0 unspecified atom stereocenters. The molecule has 16 heavy (non-hydrogen) atoms. The Bertz CT molecular complexity index is 311.